The molecule has 0 bridgehead atoms. The first-order valence-corrected chi connectivity index (χ1v) is 5.96. The fourth-order valence-electron chi connectivity index (χ4n) is 1.30. The molecule has 14 heavy (non-hydrogen) atoms. The van der Waals surface area contributed by atoms with Gasteiger partial charge in [0.15, 0.2) is 0 Å². The molecule has 1 unspecified atom stereocenters. The minimum atomic E-state index is -3.40. The lowest BCUT2D eigenvalue weighted by Crippen LogP contribution is -2.25. The number of carbonyl (C=O) groups is 1. The highest BCUT2D eigenvalue weighted by atomic mass is 32.2. The van der Waals surface area contributed by atoms with Crippen LogP contribution in [-0.2, 0) is 14.6 Å². The topological polar surface area (TPSA) is 71.4 Å². The smallest absolute Gasteiger partial charge is 0.316 e. The Kier molecular flexibility index (Phi) is 2.34. The van der Waals surface area contributed by atoms with Crippen molar-refractivity contribution in [1.29, 1.82) is 0 Å². The van der Waals surface area contributed by atoms with Gasteiger partial charge in [0.25, 0.3) is 5.92 Å². The Morgan fingerprint density at radius 1 is 1.50 bits per heavy atom. The van der Waals surface area contributed by atoms with Crippen LogP contribution in [0.4, 0.5) is 8.78 Å². The van der Waals surface area contributed by atoms with Crippen molar-refractivity contribution in [3.05, 3.63) is 0 Å². The maximum atomic E-state index is 12.7. The first kappa shape index (κ1) is 11.4. The SMILES string of the molecule is CS(=O)(=O)CCC1(C(=O)O)CC1(F)F. The summed E-state index contributed by atoms with van der Waals surface area (Å²) in [6.45, 7) is 0. The normalized spacial score (nSPS) is 29.9. The average molecular weight is 228 g/mol. The summed E-state index contributed by atoms with van der Waals surface area (Å²) in [7, 11) is -3.40. The monoisotopic (exact) mass is 228 g/mol. The predicted octanol–water partition coefficient (Wildman–Crippen LogP) is 0.531. The van der Waals surface area contributed by atoms with Crippen LogP contribution in [0.25, 0.3) is 0 Å². The van der Waals surface area contributed by atoms with Crippen LogP contribution >= 0.6 is 0 Å². The number of alkyl halides is 2. The van der Waals surface area contributed by atoms with Crippen LogP contribution in [-0.4, -0.2) is 37.4 Å². The van der Waals surface area contributed by atoms with Crippen LogP contribution in [0.1, 0.15) is 12.8 Å². The van der Waals surface area contributed by atoms with Gasteiger partial charge in [-0.2, -0.15) is 0 Å². The van der Waals surface area contributed by atoms with E-state index in [0.717, 1.165) is 6.26 Å². The van der Waals surface area contributed by atoms with Crippen LogP contribution in [0.5, 0.6) is 0 Å². The molecule has 7 heteroatoms. The van der Waals surface area contributed by atoms with E-state index in [2.05, 4.69) is 0 Å². The summed E-state index contributed by atoms with van der Waals surface area (Å²) in [5, 5.41) is 8.56. The summed E-state index contributed by atoms with van der Waals surface area (Å²) in [6, 6.07) is 0. The number of rotatable bonds is 4. The summed E-state index contributed by atoms with van der Waals surface area (Å²) < 4.78 is 46.8. The first-order valence-electron chi connectivity index (χ1n) is 3.90. The van der Waals surface area contributed by atoms with Gasteiger partial charge in [-0.1, -0.05) is 0 Å². The molecule has 4 nitrogen and oxygen atoms in total. The number of sulfone groups is 1. The third-order valence-electron chi connectivity index (χ3n) is 2.41. The van der Waals surface area contributed by atoms with E-state index >= 15 is 0 Å². The van der Waals surface area contributed by atoms with E-state index in [4.69, 9.17) is 5.11 Å². The van der Waals surface area contributed by atoms with Crippen LogP contribution in [0.15, 0.2) is 0 Å². The number of carboxylic acids is 1. The molecule has 0 aromatic rings. The zero-order valence-electron chi connectivity index (χ0n) is 7.46. The lowest BCUT2D eigenvalue weighted by atomic mass is 10.0. The molecule has 0 aromatic carbocycles. The highest BCUT2D eigenvalue weighted by Gasteiger charge is 2.75. The van der Waals surface area contributed by atoms with Gasteiger partial charge in [0.1, 0.15) is 15.3 Å². The van der Waals surface area contributed by atoms with E-state index in [-0.39, 0.29) is 0 Å². The van der Waals surface area contributed by atoms with Gasteiger partial charge in [-0.15, -0.1) is 0 Å². The molecule has 1 rings (SSSR count). The van der Waals surface area contributed by atoms with E-state index < -0.39 is 45.7 Å². The van der Waals surface area contributed by atoms with Gasteiger partial charge in [-0.3, -0.25) is 4.79 Å². The molecule has 82 valence electrons. The van der Waals surface area contributed by atoms with Crippen molar-refractivity contribution >= 4 is 15.8 Å². The number of carboxylic acid groups (broad SMARTS) is 1. The molecule has 0 heterocycles. The van der Waals surface area contributed by atoms with Gasteiger partial charge >= 0.3 is 5.97 Å². The van der Waals surface area contributed by atoms with E-state index in [0.29, 0.717) is 0 Å². The molecule has 0 spiro atoms. The van der Waals surface area contributed by atoms with Crippen molar-refractivity contribution in [3.63, 3.8) is 0 Å². The highest BCUT2D eigenvalue weighted by molar-refractivity contribution is 7.90. The van der Waals surface area contributed by atoms with Crippen LogP contribution < -0.4 is 0 Å². The Balaban J connectivity index is 2.72. The number of aliphatic carboxylic acids is 1. The summed E-state index contributed by atoms with van der Waals surface area (Å²) in [5.41, 5.74) is -2.14. The van der Waals surface area contributed by atoms with Crippen LogP contribution in [0.3, 0.4) is 0 Å². The van der Waals surface area contributed by atoms with Gasteiger partial charge in [0.05, 0.1) is 5.75 Å². The molecule has 0 amide bonds. The summed E-state index contributed by atoms with van der Waals surface area (Å²) in [4.78, 5) is 10.5. The third-order valence-corrected chi connectivity index (χ3v) is 3.35. The zero-order chi connectivity index (χ0) is 11.2. The fourth-order valence-corrected chi connectivity index (χ4v) is 2.02. The maximum Gasteiger partial charge on any atom is 0.316 e. The molecule has 1 fully saturated rings. The van der Waals surface area contributed by atoms with E-state index in [1.807, 2.05) is 0 Å². The molecule has 1 N–H and O–H groups in total. The quantitative estimate of drug-likeness (QED) is 0.761. The second-order valence-electron chi connectivity index (χ2n) is 3.65. The summed E-state index contributed by atoms with van der Waals surface area (Å²) in [6.07, 6.45) is -0.387. The molecule has 0 aliphatic heterocycles. The second-order valence-corrected chi connectivity index (χ2v) is 5.91. The van der Waals surface area contributed by atoms with E-state index in [1.54, 1.807) is 0 Å². The Hall–Kier alpha value is -0.720. The Morgan fingerprint density at radius 2 is 1.93 bits per heavy atom. The highest BCUT2D eigenvalue weighted by Crippen LogP contribution is 2.62. The van der Waals surface area contributed by atoms with Gasteiger partial charge < -0.3 is 5.11 Å². The minimum absolute atomic E-state index is 0.519. The van der Waals surface area contributed by atoms with Crippen molar-refractivity contribution in [2.75, 3.05) is 12.0 Å². The average Bonchev–Trinajstić information content (AvgIpc) is 2.49. The van der Waals surface area contributed by atoms with Crippen molar-refractivity contribution in [3.8, 4) is 0 Å². The fraction of sp³-hybridized carbons (Fsp3) is 0.857. The van der Waals surface area contributed by atoms with E-state index in [1.165, 1.54) is 0 Å². The Labute approximate surface area is 79.8 Å². The third kappa shape index (κ3) is 1.87. The molecule has 1 atom stereocenters. The standard InChI is InChI=1S/C7H10F2O4S/c1-14(12,13)3-2-6(5(10)11)4-7(6,8)9/h2-4H2,1H3,(H,10,11). The second kappa shape index (κ2) is 2.88. The van der Waals surface area contributed by atoms with Crippen molar-refractivity contribution in [2.45, 2.75) is 18.8 Å². The van der Waals surface area contributed by atoms with Crippen molar-refractivity contribution in [1.82, 2.24) is 0 Å². The molecule has 0 saturated heterocycles. The number of halogens is 2. The van der Waals surface area contributed by atoms with Gasteiger partial charge in [-0.25, -0.2) is 17.2 Å². The zero-order valence-corrected chi connectivity index (χ0v) is 8.27. The van der Waals surface area contributed by atoms with Crippen LogP contribution in [0, 0.1) is 5.41 Å². The van der Waals surface area contributed by atoms with Gasteiger partial charge in [0, 0.05) is 12.7 Å². The molecule has 1 aliphatic carbocycles. The molecule has 0 radical (unpaired) electrons. The predicted molar refractivity (Wildman–Crippen MR) is 44.0 cm³/mol. The van der Waals surface area contributed by atoms with Gasteiger partial charge in [-0.05, 0) is 6.42 Å². The van der Waals surface area contributed by atoms with Crippen molar-refractivity contribution < 1.29 is 27.1 Å². The maximum absolute atomic E-state index is 12.7. The molecular weight excluding hydrogens is 218 g/mol. The minimum Gasteiger partial charge on any atom is -0.481 e. The Bertz CT molecular complexity index is 362. The molecule has 1 aliphatic rings. The van der Waals surface area contributed by atoms with Crippen molar-refractivity contribution in [2.24, 2.45) is 5.41 Å². The van der Waals surface area contributed by atoms with E-state index in [9.17, 15) is 22.0 Å². The molecule has 0 aromatic heterocycles. The summed E-state index contributed by atoms with van der Waals surface area (Å²) in [5.74, 6) is -5.40. The molecular formula is C7H10F2O4S. The number of hydrogen-bond donors (Lipinski definition) is 1. The Morgan fingerprint density at radius 3 is 2.14 bits per heavy atom. The van der Waals surface area contributed by atoms with Gasteiger partial charge in [0.2, 0.25) is 0 Å². The van der Waals surface area contributed by atoms with Crippen LogP contribution in [0.2, 0.25) is 0 Å². The lowest BCUT2D eigenvalue weighted by Gasteiger charge is -2.09. The molecule has 1 saturated carbocycles. The summed E-state index contributed by atoms with van der Waals surface area (Å²) >= 11 is 0. The lowest BCUT2D eigenvalue weighted by molar-refractivity contribution is -0.147. The first-order chi connectivity index (χ1) is 6.11. The number of hydrogen-bond acceptors (Lipinski definition) is 3. The largest absolute Gasteiger partial charge is 0.481 e.